The highest BCUT2D eigenvalue weighted by molar-refractivity contribution is 8.18. The number of amides is 1. The van der Waals surface area contributed by atoms with Crippen LogP contribution in [0.5, 0.6) is 0 Å². The Hall–Kier alpha value is -2.33. The van der Waals surface area contributed by atoms with Crippen LogP contribution in [0.25, 0.3) is 6.08 Å². The fourth-order valence-corrected chi connectivity index (χ4v) is 3.29. The van der Waals surface area contributed by atoms with Gasteiger partial charge in [0, 0.05) is 5.69 Å². The van der Waals surface area contributed by atoms with E-state index >= 15 is 0 Å². The Labute approximate surface area is 153 Å². The molecule has 1 aliphatic heterocycles. The lowest BCUT2D eigenvalue weighted by Crippen LogP contribution is -2.11. The zero-order valence-electron chi connectivity index (χ0n) is 15.0. The lowest BCUT2D eigenvalue weighted by Gasteiger charge is -2.19. The molecule has 0 atom stereocenters. The molecule has 1 aliphatic rings. The summed E-state index contributed by atoms with van der Waals surface area (Å²) in [7, 11) is 0. The van der Waals surface area contributed by atoms with E-state index in [4.69, 9.17) is 0 Å². The smallest absolute Gasteiger partial charge is 0.286 e. The van der Waals surface area contributed by atoms with Crippen LogP contribution in [0.4, 0.5) is 5.69 Å². The molecule has 0 aromatic heterocycles. The van der Waals surface area contributed by atoms with Gasteiger partial charge in [0.25, 0.3) is 5.91 Å². The molecule has 128 valence electrons. The van der Waals surface area contributed by atoms with Crippen LogP contribution in [0.3, 0.4) is 0 Å². The minimum Gasteiger partial charge on any atom is -0.334 e. The molecule has 4 heteroatoms. The summed E-state index contributed by atoms with van der Waals surface area (Å²) in [4.78, 5) is 16.9. The molecule has 1 heterocycles. The molecule has 0 saturated heterocycles. The van der Waals surface area contributed by atoms with Crippen LogP contribution >= 0.6 is 11.8 Å². The predicted octanol–water partition coefficient (Wildman–Crippen LogP) is 5.37. The molecule has 2 aromatic carbocycles. The maximum absolute atomic E-state index is 12.1. The van der Waals surface area contributed by atoms with Crippen LogP contribution in [0.2, 0.25) is 0 Å². The van der Waals surface area contributed by atoms with Crippen molar-refractivity contribution in [3.8, 4) is 0 Å². The molecular formula is C21H22N2OS. The Bertz CT molecular complexity index is 841. The molecular weight excluding hydrogens is 328 g/mol. The van der Waals surface area contributed by atoms with E-state index in [9.17, 15) is 4.79 Å². The van der Waals surface area contributed by atoms with Gasteiger partial charge in [-0.3, -0.25) is 4.79 Å². The summed E-state index contributed by atoms with van der Waals surface area (Å²) < 4.78 is 0. The highest BCUT2D eigenvalue weighted by Crippen LogP contribution is 2.30. The van der Waals surface area contributed by atoms with E-state index in [0.29, 0.717) is 10.1 Å². The van der Waals surface area contributed by atoms with E-state index in [1.165, 1.54) is 22.9 Å². The monoisotopic (exact) mass is 350 g/mol. The van der Waals surface area contributed by atoms with Gasteiger partial charge in [0.05, 0.1) is 4.91 Å². The summed E-state index contributed by atoms with van der Waals surface area (Å²) in [5, 5.41) is 3.84. The normalized spacial score (nSPS) is 16.2. The number of aliphatic imine (C=N–C) groups is 1. The molecule has 2 aromatic rings. The second-order valence-corrected chi connectivity index (χ2v) is 8.23. The van der Waals surface area contributed by atoms with Gasteiger partial charge in [-0.1, -0.05) is 62.7 Å². The maximum atomic E-state index is 12.1. The largest absolute Gasteiger partial charge is 0.334 e. The molecule has 3 rings (SSSR count). The van der Waals surface area contributed by atoms with Crippen LogP contribution in [-0.4, -0.2) is 11.1 Å². The topological polar surface area (TPSA) is 41.5 Å². The zero-order valence-corrected chi connectivity index (χ0v) is 15.8. The summed E-state index contributed by atoms with van der Waals surface area (Å²) in [6.45, 7) is 8.61. The lowest BCUT2D eigenvalue weighted by molar-refractivity contribution is -0.113. The van der Waals surface area contributed by atoms with Gasteiger partial charge in [-0.25, -0.2) is 0 Å². The Balaban J connectivity index is 1.70. The summed E-state index contributed by atoms with van der Waals surface area (Å²) in [6, 6.07) is 16.3. The molecule has 0 fully saturated rings. The van der Waals surface area contributed by atoms with E-state index in [2.05, 4.69) is 43.2 Å². The Morgan fingerprint density at radius 3 is 2.24 bits per heavy atom. The van der Waals surface area contributed by atoms with E-state index in [1.807, 2.05) is 49.4 Å². The van der Waals surface area contributed by atoms with Crippen molar-refractivity contribution in [1.29, 1.82) is 0 Å². The first kappa shape index (κ1) is 17.5. The number of rotatable bonds is 2. The first-order valence-corrected chi connectivity index (χ1v) is 9.10. The standard InChI is InChI=1S/C21H22N2OS/c1-14-5-7-15(8-6-14)13-18-19(24)23-20(25-18)22-17-11-9-16(10-12-17)21(2,3)4/h5-13H,1-4H3,(H,22,23,24). The third-order valence-corrected chi connectivity index (χ3v) is 4.90. The van der Waals surface area contributed by atoms with E-state index in [0.717, 1.165) is 11.3 Å². The molecule has 0 radical (unpaired) electrons. The molecule has 3 nitrogen and oxygen atoms in total. The Morgan fingerprint density at radius 2 is 1.64 bits per heavy atom. The first-order valence-electron chi connectivity index (χ1n) is 8.28. The summed E-state index contributed by atoms with van der Waals surface area (Å²) in [5.41, 5.74) is 4.54. The van der Waals surface area contributed by atoms with Crippen molar-refractivity contribution < 1.29 is 4.79 Å². The number of carbonyl (C=O) groups is 1. The quantitative estimate of drug-likeness (QED) is 0.740. The van der Waals surface area contributed by atoms with Crippen molar-refractivity contribution in [2.24, 2.45) is 4.99 Å². The van der Waals surface area contributed by atoms with Crippen molar-refractivity contribution in [3.05, 3.63) is 70.1 Å². The zero-order chi connectivity index (χ0) is 18.0. The van der Waals surface area contributed by atoms with Gasteiger partial charge in [0.2, 0.25) is 0 Å². The average molecular weight is 350 g/mol. The van der Waals surface area contributed by atoms with Crippen molar-refractivity contribution in [2.45, 2.75) is 33.1 Å². The van der Waals surface area contributed by atoms with Crippen molar-refractivity contribution >= 4 is 34.6 Å². The highest BCUT2D eigenvalue weighted by atomic mass is 32.2. The molecule has 0 bridgehead atoms. The first-order chi connectivity index (χ1) is 11.8. The second kappa shape index (κ2) is 6.89. The molecule has 0 spiro atoms. The maximum Gasteiger partial charge on any atom is 0.286 e. The summed E-state index contributed by atoms with van der Waals surface area (Å²) in [6.07, 6.45) is 1.88. The van der Waals surface area contributed by atoms with Gasteiger partial charge in [-0.2, -0.15) is 4.99 Å². The third-order valence-electron chi connectivity index (χ3n) is 4.00. The third kappa shape index (κ3) is 4.40. The van der Waals surface area contributed by atoms with Crippen molar-refractivity contribution in [1.82, 2.24) is 0 Å². The minimum absolute atomic E-state index is 0.123. The van der Waals surface area contributed by atoms with Gasteiger partial charge >= 0.3 is 0 Å². The lowest BCUT2D eigenvalue weighted by atomic mass is 9.87. The fraction of sp³-hybridized carbons (Fsp3) is 0.238. The summed E-state index contributed by atoms with van der Waals surface area (Å²) >= 11 is 1.37. The van der Waals surface area contributed by atoms with Crippen molar-refractivity contribution in [2.75, 3.05) is 5.32 Å². The van der Waals surface area contributed by atoms with E-state index < -0.39 is 0 Å². The van der Waals surface area contributed by atoms with Crippen LogP contribution < -0.4 is 5.32 Å². The number of carbonyl (C=O) groups excluding carboxylic acids is 1. The Morgan fingerprint density at radius 1 is 1.00 bits per heavy atom. The highest BCUT2D eigenvalue weighted by Gasteiger charge is 2.22. The number of benzene rings is 2. The predicted molar refractivity (Wildman–Crippen MR) is 108 cm³/mol. The number of hydrogen-bond acceptors (Lipinski definition) is 3. The molecule has 25 heavy (non-hydrogen) atoms. The van der Waals surface area contributed by atoms with Crippen LogP contribution in [0, 0.1) is 6.92 Å². The molecule has 0 unspecified atom stereocenters. The number of amidine groups is 1. The molecule has 0 aliphatic carbocycles. The number of nitrogens with one attached hydrogen (secondary N) is 1. The molecule has 0 saturated carbocycles. The molecule has 1 amide bonds. The molecule has 1 N–H and O–H groups in total. The van der Waals surface area contributed by atoms with Gasteiger partial charge in [0.15, 0.2) is 5.17 Å². The van der Waals surface area contributed by atoms with Crippen LogP contribution in [0.1, 0.15) is 37.5 Å². The number of nitrogens with zero attached hydrogens (tertiary/aromatic N) is 1. The van der Waals surface area contributed by atoms with Gasteiger partial charge in [-0.05, 0) is 53.4 Å². The SMILES string of the molecule is Cc1ccc(C=C2SC(Nc3ccc(C(C)(C)C)cc3)=NC2=O)cc1. The number of thioether (sulfide) groups is 1. The van der Waals surface area contributed by atoms with Crippen molar-refractivity contribution in [3.63, 3.8) is 0 Å². The number of aryl methyl sites for hydroxylation is 1. The van der Waals surface area contributed by atoms with E-state index in [-0.39, 0.29) is 11.3 Å². The number of anilines is 1. The van der Waals surface area contributed by atoms with Crippen LogP contribution in [-0.2, 0) is 10.2 Å². The minimum atomic E-state index is -0.195. The summed E-state index contributed by atoms with van der Waals surface area (Å²) in [5.74, 6) is -0.195. The van der Waals surface area contributed by atoms with Gasteiger partial charge in [-0.15, -0.1) is 0 Å². The second-order valence-electron chi connectivity index (χ2n) is 7.20. The van der Waals surface area contributed by atoms with Gasteiger partial charge in [0.1, 0.15) is 0 Å². The number of hydrogen-bond donors (Lipinski definition) is 1. The fourth-order valence-electron chi connectivity index (χ4n) is 2.45. The van der Waals surface area contributed by atoms with E-state index in [1.54, 1.807) is 0 Å². The Kier molecular flexibility index (Phi) is 4.82. The average Bonchev–Trinajstić information content (AvgIpc) is 2.89. The van der Waals surface area contributed by atoms with Crippen LogP contribution in [0.15, 0.2) is 58.4 Å². The van der Waals surface area contributed by atoms with Gasteiger partial charge < -0.3 is 5.32 Å².